The van der Waals surface area contributed by atoms with Crippen LogP contribution in [0.2, 0.25) is 0 Å². The number of thiazole rings is 1. The molecule has 0 unspecified atom stereocenters. The predicted octanol–water partition coefficient (Wildman–Crippen LogP) is 3.23. The van der Waals surface area contributed by atoms with Gasteiger partial charge < -0.3 is 14.7 Å². The molecule has 0 aliphatic heterocycles. The highest BCUT2D eigenvalue weighted by Crippen LogP contribution is 2.27. The zero-order valence-electron chi connectivity index (χ0n) is 12.8. The summed E-state index contributed by atoms with van der Waals surface area (Å²) in [6.07, 6.45) is 1.96. The Hall–Kier alpha value is -1.59. The van der Waals surface area contributed by atoms with Crippen LogP contribution in [0.25, 0.3) is 0 Å². The van der Waals surface area contributed by atoms with E-state index in [0.717, 1.165) is 40.8 Å². The molecule has 0 aliphatic rings. The molecule has 0 bridgehead atoms. The number of aliphatic hydroxyl groups excluding tert-OH is 1. The zero-order valence-corrected chi connectivity index (χ0v) is 13.6. The summed E-state index contributed by atoms with van der Waals surface area (Å²) in [5.41, 5.74) is 2.23. The SMILES string of the molecule is CCCc1nc(N(C)Cc2ccc(OC)cc2)sc1CO. The van der Waals surface area contributed by atoms with Gasteiger partial charge >= 0.3 is 0 Å². The molecule has 5 heteroatoms. The Morgan fingerprint density at radius 1 is 1.29 bits per heavy atom. The number of aryl methyl sites for hydroxylation is 1. The summed E-state index contributed by atoms with van der Waals surface area (Å²) >= 11 is 1.57. The van der Waals surface area contributed by atoms with Gasteiger partial charge in [0.05, 0.1) is 24.3 Å². The summed E-state index contributed by atoms with van der Waals surface area (Å²) < 4.78 is 5.17. The number of nitrogens with zero attached hydrogens (tertiary/aromatic N) is 2. The number of ether oxygens (including phenoxy) is 1. The van der Waals surface area contributed by atoms with Crippen LogP contribution in [0.5, 0.6) is 5.75 Å². The minimum Gasteiger partial charge on any atom is -0.497 e. The van der Waals surface area contributed by atoms with Crippen molar-refractivity contribution in [2.75, 3.05) is 19.1 Å². The van der Waals surface area contributed by atoms with E-state index >= 15 is 0 Å². The van der Waals surface area contributed by atoms with Crippen molar-refractivity contribution in [2.24, 2.45) is 0 Å². The molecule has 0 saturated carbocycles. The maximum Gasteiger partial charge on any atom is 0.185 e. The number of rotatable bonds is 7. The van der Waals surface area contributed by atoms with Gasteiger partial charge in [0.25, 0.3) is 0 Å². The second-order valence-corrected chi connectivity index (χ2v) is 6.04. The fraction of sp³-hybridized carbons (Fsp3) is 0.438. The van der Waals surface area contributed by atoms with Crippen LogP contribution in [0.3, 0.4) is 0 Å². The van der Waals surface area contributed by atoms with Gasteiger partial charge in [0.2, 0.25) is 0 Å². The highest BCUT2D eigenvalue weighted by atomic mass is 32.1. The summed E-state index contributed by atoms with van der Waals surface area (Å²) in [6.45, 7) is 2.98. The van der Waals surface area contributed by atoms with Crippen LogP contribution in [-0.2, 0) is 19.6 Å². The van der Waals surface area contributed by atoms with Crippen LogP contribution in [0.15, 0.2) is 24.3 Å². The normalized spacial score (nSPS) is 10.7. The average Bonchev–Trinajstić information content (AvgIpc) is 2.91. The Kier molecular flexibility index (Phi) is 5.59. The van der Waals surface area contributed by atoms with E-state index < -0.39 is 0 Å². The van der Waals surface area contributed by atoms with Gasteiger partial charge in [-0.15, -0.1) is 0 Å². The Bertz CT molecular complexity index is 566. The molecule has 1 aromatic heterocycles. The lowest BCUT2D eigenvalue weighted by molar-refractivity contribution is 0.284. The van der Waals surface area contributed by atoms with Crippen LogP contribution in [-0.4, -0.2) is 24.2 Å². The summed E-state index contributed by atoms with van der Waals surface area (Å²) in [4.78, 5) is 7.76. The Morgan fingerprint density at radius 2 is 2.00 bits per heavy atom. The number of aromatic nitrogens is 1. The van der Waals surface area contributed by atoms with Gasteiger partial charge in [-0.25, -0.2) is 4.98 Å². The highest BCUT2D eigenvalue weighted by Gasteiger charge is 2.13. The third-order valence-corrected chi connectivity index (χ3v) is 4.50. The molecule has 1 aromatic carbocycles. The van der Waals surface area contributed by atoms with Gasteiger partial charge in [-0.1, -0.05) is 36.8 Å². The Balaban J connectivity index is 2.09. The molecular weight excluding hydrogens is 284 g/mol. The van der Waals surface area contributed by atoms with Crippen molar-refractivity contribution >= 4 is 16.5 Å². The maximum absolute atomic E-state index is 9.43. The van der Waals surface area contributed by atoms with Crippen molar-refractivity contribution in [3.63, 3.8) is 0 Å². The van der Waals surface area contributed by atoms with Crippen molar-refractivity contribution in [2.45, 2.75) is 32.9 Å². The molecule has 0 spiro atoms. The van der Waals surface area contributed by atoms with Crippen molar-refractivity contribution < 1.29 is 9.84 Å². The lowest BCUT2D eigenvalue weighted by Crippen LogP contribution is -2.16. The number of aliphatic hydroxyl groups is 1. The molecule has 2 aromatic rings. The first-order chi connectivity index (χ1) is 10.2. The molecule has 21 heavy (non-hydrogen) atoms. The number of methoxy groups -OCH3 is 1. The number of anilines is 1. The van der Waals surface area contributed by atoms with E-state index in [2.05, 4.69) is 28.9 Å². The quantitative estimate of drug-likeness (QED) is 0.853. The first-order valence-electron chi connectivity index (χ1n) is 7.11. The largest absolute Gasteiger partial charge is 0.497 e. The zero-order chi connectivity index (χ0) is 15.2. The molecule has 1 heterocycles. The summed E-state index contributed by atoms with van der Waals surface area (Å²) in [5.74, 6) is 0.864. The number of hydrogen-bond donors (Lipinski definition) is 1. The molecule has 0 aliphatic carbocycles. The fourth-order valence-corrected chi connectivity index (χ4v) is 3.09. The van der Waals surface area contributed by atoms with Crippen molar-refractivity contribution in [3.05, 3.63) is 40.4 Å². The topological polar surface area (TPSA) is 45.6 Å². The molecule has 0 radical (unpaired) electrons. The Morgan fingerprint density at radius 3 is 2.57 bits per heavy atom. The van der Waals surface area contributed by atoms with Crippen LogP contribution in [0.1, 0.15) is 29.5 Å². The number of hydrogen-bond acceptors (Lipinski definition) is 5. The molecule has 1 N–H and O–H groups in total. The number of benzene rings is 1. The van der Waals surface area contributed by atoms with Gasteiger partial charge in [-0.3, -0.25) is 0 Å². The third-order valence-electron chi connectivity index (χ3n) is 3.30. The van der Waals surface area contributed by atoms with Gasteiger partial charge in [0.1, 0.15) is 5.75 Å². The molecule has 114 valence electrons. The minimum atomic E-state index is 0.0728. The van der Waals surface area contributed by atoms with Gasteiger partial charge in [-0.05, 0) is 24.1 Å². The molecule has 0 fully saturated rings. The summed E-state index contributed by atoms with van der Waals surface area (Å²) in [6, 6.07) is 8.05. The van der Waals surface area contributed by atoms with Crippen LogP contribution >= 0.6 is 11.3 Å². The highest BCUT2D eigenvalue weighted by molar-refractivity contribution is 7.15. The summed E-state index contributed by atoms with van der Waals surface area (Å²) in [7, 11) is 3.70. The monoisotopic (exact) mass is 306 g/mol. The van der Waals surface area contributed by atoms with E-state index in [0.29, 0.717) is 0 Å². The van der Waals surface area contributed by atoms with E-state index in [1.165, 1.54) is 5.56 Å². The molecular formula is C16H22N2O2S. The van der Waals surface area contributed by atoms with Gasteiger partial charge in [0.15, 0.2) is 5.13 Å². The minimum absolute atomic E-state index is 0.0728. The second-order valence-electron chi connectivity index (χ2n) is 4.98. The van der Waals surface area contributed by atoms with E-state index in [1.54, 1.807) is 18.4 Å². The lowest BCUT2D eigenvalue weighted by atomic mass is 10.2. The first-order valence-corrected chi connectivity index (χ1v) is 7.93. The predicted molar refractivity (Wildman–Crippen MR) is 87.1 cm³/mol. The first kappa shape index (κ1) is 15.8. The fourth-order valence-electron chi connectivity index (χ4n) is 2.16. The standard InChI is InChI=1S/C16H22N2O2S/c1-4-5-14-15(11-19)21-16(17-14)18(2)10-12-6-8-13(20-3)9-7-12/h6-9,19H,4-5,10-11H2,1-3H3. The summed E-state index contributed by atoms with van der Waals surface area (Å²) in [5, 5.41) is 10.4. The van der Waals surface area contributed by atoms with E-state index in [9.17, 15) is 5.11 Å². The lowest BCUT2D eigenvalue weighted by Gasteiger charge is -2.15. The Labute approximate surface area is 130 Å². The maximum atomic E-state index is 9.43. The smallest absolute Gasteiger partial charge is 0.185 e. The molecule has 2 rings (SSSR count). The third kappa shape index (κ3) is 3.95. The van der Waals surface area contributed by atoms with Crippen LogP contribution < -0.4 is 9.64 Å². The molecule has 0 atom stereocenters. The van der Waals surface area contributed by atoms with Gasteiger partial charge in [-0.2, -0.15) is 0 Å². The second kappa shape index (κ2) is 7.43. The van der Waals surface area contributed by atoms with Crippen LogP contribution in [0, 0.1) is 0 Å². The van der Waals surface area contributed by atoms with Crippen molar-refractivity contribution in [1.82, 2.24) is 4.98 Å². The van der Waals surface area contributed by atoms with Crippen molar-refractivity contribution in [1.29, 1.82) is 0 Å². The molecule has 0 amide bonds. The van der Waals surface area contributed by atoms with E-state index in [-0.39, 0.29) is 6.61 Å². The van der Waals surface area contributed by atoms with E-state index in [4.69, 9.17) is 4.74 Å². The molecule has 4 nitrogen and oxygen atoms in total. The van der Waals surface area contributed by atoms with Crippen molar-refractivity contribution in [3.8, 4) is 5.75 Å². The molecule has 0 saturated heterocycles. The average molecular weight is 306 g/mol. The van der Waals surface area contributed by atoms with Gasteiger partial charge in [0, 0.05) is 13.6 Å². The van der Waals surface area contributed by atoms with Crippen LogP contribution in [0.4, 0.5) is 5.13 Å². The van der Waals surface area contributed by atoms with E-state index in [1.807, 2.05) is 19.2 Å².